The Hall–Kier alpha value is -2.64. The lowest BCUT2D eigenvalue weighted by Crippen LogP contribution is -2.20. The largest absolute Gasteiger partial charge is 0.492 e. The first-order valence-corrected chi connectivity index (χ1v) is 10.6. The van der Waals surface area contributed by atoms with Crippen molar-refractivity contribution in [1.82, 2.24) is 4.57 Å². The Kier molecular flexibility index (Phi) is 7.06. The van der Waals surface area contributed by atoms with Gasteiger partial charge in [0, 0.05) is 38.5 Å². The van der Waals surface area contributed by atoms with Gasteiger partial charge < -0.3 is 18.9 Å². The first kappa shape index (κ1) is 21.1. The number of benzene rings is 2. The predicted octanol–water partition coefficient (Wildman–Crippen LogP) is 3.95. The molecule has 1 aromatic heterocycles. The molecule has 0 spiro atoms. The standard InChI is InChI=1S/C22H27N3O3S/c1-5-27-15-14-25-20-18(28-6-2)8-7-9-19(20)29-22(25)23-21(26)16-10-12-17(13-11-16)24(3)4/h7-13H,5-6,14-15H2,1-4H3. The number of amides is 1. The van der Waals surface area contributed by atoms with Crippen LogP contribution in [0, 0.1) is 0 Å². The van der Waals surface area contributed by atoms with Gasteiger partial charge >= 0.3 is 0 Å². The maximum Gasteiger partial charge on any atom is 0.279 e. The number of nitrogens with zero attached hydrogens (tertiary/aromatic N) is 3. The SMILES string of the molecule is CCOCCn1c(=NC(=O)c2ccc(N(C)C)cc2)sc2cccc(OCC)c21. The number of anilines is 1. The molecule has 154 valence electrons. The summed E-state index contributed by atoms with van der Waals surface area (Å²) in [4.78, 5) is 19.9. The Bertz CT molecular complexity index is 1040. The summed E-state index contributed by atoms with van der Waals surface area (Å²) >= 11 is 1.48. The maximum atomic E-state index is 12.8. The molecule has 0 radical (unpaired) electrons. The number of carbonyl (C=O) groups is 1. The maximum absolute atomic E-state index is 12.8. The van der Waals surface area contributed by atoms with Gasteiger partial charge in [-0.15, -0.1) is 0 Å². The Morgan fingerprint density at radius 3 is 2.52 bits per heavy atom. The number of rotatable bonds is 8. The summed E-state index contributed by atoms with van der Waals surface area (Å²) in [6, 6.07) is 13.4. The molecular weight excluding hydrogens is 386 g/mol. The number of thiazole rings is 1. The highest BCUT2D eigenvalue weighted by molar-refractivity contribution is 7.16. The van der Waals surface area contributed by atoms with E-state index in [2.05, 4.69) is 4.99 Å². The molecule has 0 unspecified atom stereocenters. The fraction of sp³-hybridized carbons (Fsp3) is 0.364. The van der Waals surface area contributed by atoms with Crippen LogP contribution < -0.4 is 14.4 Å². The second-order valence-electron chi connectivity index (χ2n) is 6.63. The quantitative estimate of drug-likeness (QED) is 0.525. The average molecular weight is 414 g/mol. The summed E-state index contributed by atoms with van der Waals surface area (Å²) in [6.07, 6.45) is 0. The molecule has 1 amide bonds. The normalized spacial score (nSPS) is 11.8. The minimum atomic E-state index is -0.259. The minimum Gasteiger partial charge on any atom is -0.492 e. The third-order valence-electron chi connectivity index (χ3n) is 4.46. The summed E-state index contributed by atoms with van der Waals surface area (Å²) in [5.74, 6) is 0.534. The summed E-state index contributed by atoms with van der Waals surface area (Å²) in [6.45, 7) is 6.29. The van der Waals surface area contributed by atoms with E-state index >= 15 is 0 Å². The highest BCUT2D eigenvalue weighted by atomic mass is 32.1. The molecule has 0 aliphatic carbocycles. The van der Waals surface area contributed by atoms with E-state index < -0.39 is 0 Å². The number of hydrogen-bond donors (Lipinski definition) is 0. The molecule has 3 aromatic rings. The molecule has 0 aliphatic heterocycles. The van der Waals surface area contributed by atoms with E-state index in [0.29, 0.717) is 36.7 Å². The number of ether oxygens (including phenoxy) is 2. The van der Waals surface area contributed by atoms with E-state index in [-0.39, 0.29) is 5.91 Å². The van der Waals surface area contributed by atoms with Crippen molar-refractivity contribution in [3.05, 3.63) is 52.8 Å². The van der Waals surface area contributed by atoms with Crippen molar-refractivity contribution in [2.45, 2.75) is 20.4 Å². The highest BCUT2D eigenvalue weighted by Gasteiger charge is 2.13. The van der Waals surface area contributed by atoms with Crippen LogP contribution in [0.4, 0.5) is 5.69 Å². The van der Waals surface area contributed by atoms with Crippen molar-refractivity contribution in [3.8, 4) is 5.75 Å². The van der Waals surface area contributed by atoms with Gasteiger partial charge in [0.1, 0.15) is 11.3 Å². The molecule has 1 heterocycles. The number of para-hydroxylation sites is 1. The van der Waals surface area contributed by atoms with Gasteiger partial charge in [0.05, 0.1) is 17.9 Å². The molecule has 2 aromatic carbocycles. The topological polar surface area (TPSA) is 56.1 Å². The van der Waals surface area contributed by atoms with E-state index in [9.17, 15) is 4.79 Å². The fourth-order valence-corrected chi connectivity index (χ4v) is 4.09. The Morgan fingerprint density at radius 2 is 1.86 bits per heavy atom. The Labute approximate surface area is 175 Å². The van der Waals surface area contributed by atoms with Crippen molar-refractivity contribution in [3.63, 3.8) is 0 Å². The second-order valence-corrected chi connectivity index (χ2v) is 7.64. The van der Waals surface area contributed by atoms with E-state index in [0.717, 1.165) is 21.7 Å². The van der Waals surface area contributed by atoms with Gasteiger partial charge in [0.15, 0.2) is 4.80 Å². The number of aromatic nitrogens is 1. The van der Waals surface area contributed by atoms with Gasteiger partial charge in [-0.1, -0.05) is 17.4 Å². The molecule has 0 fully saturated rings. The zero-order valence-electron chi connectivity index (χ0n) is 17.3. The van der Waals surface area contributed by atoms with Gasteiger partial charge in [-0.25, -0.2) is 0 Å². The summed E-state index contributed by atoms with van der Waals surface area (Å²) in [5.41, 5.74) is 2.56. The zero-order valence-corrected chi connectivity index (χ0v) is 18.2. The fourth-order valence-electron chi connectivity index (χ4n) is 3.02. The van der Waals surface area contributed by atoms with Crippen molar-refractivity contribution in [2.75, 3.05) is 38.8 Å². The van der Waals surface area contributed by atoms with Gasteiger partial charge in [-0.05, 0) is 50.2 Å². The lowest BCUT2D eigenvalue weighted by molar-refractivity contribution is 0.0996. The highest BCUT2D eigenvalue weighted by Crippen LogP contribution is 2.27. The molecule has 0 atom stereocenters. The lowest BCUT2D eigenvalue weighted by Gasteiger charge is -2.11. The van der Waals surface area contributed by atoms with Gasteiger partial charge in [-0.2, -0.15) is 4.99 Å². The molecule has 6 nitrogen and oxygen atoms in total. The monoisotopic (exact) mass is 413 g/mol. The summed E-state index contributed by atoms with van der Waals surface area (Å²) in [5, 5.41) is 0. The third-order valence-corrected chi connectivity index (χ3v) is 5.50. The molecular formula is C22H27N3O3S. The molecule has 29 heavy (non-hydrogen) atoms. The Morgan fingerprint density at radius 1 is 1.10 bits per heavy atom. The second kappa shape index (κ2) is 9.71. The lowest BCUT2D eigenvalue weighted by atomic mass is 10.2. The van der Waals surface area contributed by atoms with Gasteiger partial charge in [-0.3, -0.25) is 4.79 Å². The molecule has 0 aliphatic rings. The molecule has 0 N–H and O–H groups in total. The Balaban J connectivity index is 2.05. The van der Waals surface area contributed by atoms with E-state index in [4.69, 9.17) is 9.47 Å². The minimum absolute atomic E-state index is 0.259. The smallest absolute Gasteiger partial charge is 0.279 e. The van der Waals surface area contributed by atoms with E-state index in [1.54, 1.807) is 0 Å². The van der Waals surface area contributed by atoms with Crippen LogP contribution in [0.2, 0.25) is 0 Å². The zero-order chi connectivity index (χ0) is 20.8. The van der Waals surface area contributed by atoms with Crippen LogP contribution in [0.5, 0.6) is 5.75 Å². The van der Waals surface area contributed by atoms with Crippen molar-refractivity contribution in [2.24, 2.45) is 4.99 Å². The van der Waals surface area contributed by atoms with Crippen LogP contribution in [0.15, 0.2) is 47.5 Å². The average Bonchev–Trinajstić information content (AvgIpc) is 3.06. The van der Waals surface area contributed by atoms with Crippen molar-refractivity contribution in [1.29, 1.82) is 0 Å². The molecule has 7 heteroatoms. The van der Waals surface area contributed by atoms with Crippen LogP contribution in [-0.2, 0) is 11.3 Å². The summed E-state index contributed by atoms with van der Waals surface area (Å²) < 4.78 is 14.4. The predicted molar refractivity (Wildman–Crippen MR) is 118 cm³/mol. The molecule has 0 saturated heterocycles. The van der Waals surface area contributed by atoms with Crippen LogP contribution in [-0.4, -0.2) is 44.4 Å². The van der Waals surface area contributed by atoms with Gasteiger partial charge in [0.25, 0.3) is 5.91 Å². The van der Waals surface area contributed by atoms with Gasteiger partial charge in [0.2, 0.25) is 0 Å². The van der Waals surface area contributed by atoms with Crippen LogP contribution in [0.25, 0.3) is 10.2 Å². The first-order valence-electron chi connectivity index (χ1n) is 9.74. The van der Waals surface area contributed by atoms with Crippen LogP contribution in [0.3, 0.4) is 0 Å². The van der Waals surface area contributed by atoms with Crippen LogP contribution >= 0.6 is 11.3 Å². The van der Waals surface area contributed by atoms with Crippen molar-refractivity contribution >= 4 is 33.1 Å². The third kappa shape index (κ3) is 4.86. The number of fused-ring (bicyclic) bond motifs is 1. The molecule has 0 saturated carbocycles. The van der Waals surface area contributed by atoms with Crippen molar-refractivity contribution < 1.29 is 14.3 Å². The summed E-state index contributed by atoms with van der Waals surface area (Å²) in [7, 11) is 3.94. The first-order chi connectivity index (χ1) is 14.0. The molecule has 3 rings (SSSR count). The molecule has 0 bridgehead atoms. The van der Waals surface area contributed by atoms with E-state index in [1.165, 1.54) is 11.3 Å². The van der Waals surface area contributed by atoms with E-state index in [1.807, 2.05) is 79.9 Å². The van der Waals surface area contributed by atoms with Crippen LogP contribution in [0.1, 0.15) is 24.2 Å². The number of hydrogen-bond acceptors (Lipinski definition) is 5. The number of carbonyl (C=O) groups excluding carboxylic acids is 1.